The fourth-order valence-corrected chi connectivity index (χ4v) is 2.10. The van der Waals surface area contributed by atoms with E-state index in [0.29, 0.717) is 12.1 Å². The molecule has 2 N–H and O–H groups in total. The highest BCUT2D eigenvalue weighted by atomic mass is 19.1. The Kier molecular flexibility index (Phi) is 4.88. The van der Waals surface area contributed by atoms with Gasteiger partial charge in [0.05, 0.1) is 6.61 Å². The Bertz CT molecular complexity index is 566. The third kappa shape index (κ3) is 3.65. The first-order valence-electron chi connectivity index (χ1n) is 6.78. The van der Waals surface area contributed by atoms with E-state index in [9.17, 15) is 4.39 Å². The van der Waals surface area contributed by atoms with E-state index in [4.69, 9.17) is 5.11 Å². The molecule has 0 saturated carbocycles. The number of hydrogen-bond acceptors (Lipinski definition) is 2. The molecule has 2 aromatic rings. The van der Waals surface area contributed by atoms with E-state index in [1.54, 1.807) is 12.1 Å². The first kappa shape index (κ1) is 14.7. The van der Waals surface area contributed by atoms with Gasteiger partial charge in [0, 0.05) is 18.2 Å². The topological polar surface area (TPSA) is 32.3 Å². The molecule has 0 aliphatic heterocycles. The molecule has 20 heavy (non-hydrogen) atoms. The summed E-state index contributed by atoms with van der Waals surface area (Å²) in [6.07, 6.45) is 0. The van der Waals surface area contributed by atoms with Crippen molar-refractivity contribution in [3.8, 4) is 0 Å². The standard InChI is InChI=1S/C17H20FNO/c1-12-3-6-15(7-4-12)13(2)19-10-14-5-8-17(18)16(9-14)11-20/h3-9,13,19-20H,10-11H2,1-2H3. The van der Waals surface area contributed by atoms with Crippen molar-refractivity contribution >= 4 is 0 Å². The van der Waals surface area contributed by atoms with Crippen molar-refractivity contribution in [1.29, 1.82) is 0 Å². The van der Waals surface area contributed by atoms with Crippen molar-refractivity contribution in [3.05, 3.63) is 70.5 Å². The normalized spacial score (nSPS) is 12.4. The Balaban J connectivity index is 1.99. The summed E-state index contributed by atoms with van der Waals surface area (Å²) >= 11 is 0. The third-order valence-electron chi connectivity index (χ3n) is 3.47. The highest BCUT2D eigenvalue weighted by molar-refractivity contribution is 5.26. The number of aryl methyl sites for hydroxylation is 1. The van der Waals surface area contributed by atoms with Gasteiger partial charge in [0.25, 0.3) is 0 Å². The van der Waals surface area contributed by atoms with Gasteiger partial charge in [-0.1, -0.05) is 35.9 Å². The number of hydrogen-bond donors (Lipinski definition) is 2. The van der Waals surface area contributed by atoms with E-state index in [1.807, 2.05) is 0 Å². The van der Waals surface area contributed by atoms with Crippen molar-refractivity contribution < 1.29 is 9.50 Å². The molecule has 2 nitrogen and oxygen atoms in total. The van der Waals surface area contributed by atoms with Gasteiger partial charge in [-0.25, -0.2) is 4.39 Å². The van der Waals surface area contributed by atoms with Gasteiger partial charge in [-0.15, -0.1) is 0 Å². The summed E-state index contributed by atoms with van der Waals surface area (Å²) in [5.74, 6) is -0.358. The van der Waals surface area contributed by atoms with Crippen LogP contribution < -0.4 is 5.32 Å². The lowest BCUT2D eigenvalue weighted by molar-refractivity contribution is 0.275. The monoisotopic (exact) mass is 273 g/mol. The average Bonchev–Trinajstić information content (AvgIpc) is 2.46. The molecule has 0 amide bonds. The first-order chi connectivity index (χ1) is 9.60. The molecule has 0 heterocycles. The fourth-order valence-electron chi connectivity index (χ4n) is 2.10. The van der Waals surface area contributed by atoms with Crippen LogP contribution in [0, 0.1) is 12.7 Å². The first-order valence-corrected chi connectivity index (χ1v) is 6.78. The summed E-state index contributed by atoms with van der Waals surface area (Å²) in [6, 6.07) is 13.5. The Morgan fingerprint density at radius 2 is 1.85 bits per heavy atom. The van der Waals surface area contributed by atoms with Crippen LogP contribution in [0.1, 0.15) is 35.2 Å². The summed E-state index contributed by atoms with van der Waals surface area (Å²) in [6.45, 7) is 4.54. The van der Waals surface area contributed by atoms with E-state index in [1.165, 1.54) is 17.2 Å². The van der Waals surface area contributed by atoms with Gasteiger partial charge in [0.1, 0.15) is 5.82 Å². The van der Waals surface area contributed by atoms with Crippen LogP contribution in [0.25, 0.3) is 0 Å². The van der Waals surface area contributed by atoms with Crippen LogP contribution in [0.2, 0.25) is 0 Å². The molecule has 0 spiro atoms. The Labute approximate surface area is 119 Å². The molecular weight excluding hydrogens is 253 g/mol. The van der Waals surface area contributed by atoms with Crippen molar-refractivity contribution in [1.82, 2.24) is 5.32 Å². The van der Waals surface area contributed by atoms with Crippen LogP contribution in [0.5, 0.6) is 0 Å². The van der Waals surface area contributed by atoms with Crippen molar-refractivity contribution in [3.63, 3.8) is 0 Å². The number of aliphatic hydroxyl groups is 1. The summed E-state index contributed by atoms with van der Waals surface area (Å²) < 4.78 is 13.3. The summed E-state index contributed by atoms with van der Waals surface area (Å²) in [5.41, 5.74) is 3.77. The third-order valence-corrected chi connectivity index (χ3v) is 3.47. The number of aliphatic hydroxyl groups excluding tert-OH is 1. The molecule has 0 aromatic heterocycles. The minimum absolute atomic E-state index is 0.221. The lowest BCUT2D eigenvalue weighted by atomic mass is 10.1. The molecule has 1 atom stereocenters. The van der Waals surface area contributed by atoms with Crippen LogP contribution in [0.3, 0.4) is 0 Å². The van der Waals surface area contributed by atoms with Gasteiger partial charge in [-0.2, -0.15) is 0 Å². The maximum absolute atomic E-state index is 13.3. The largest absolute Gasteiger partial charge is 0.392 e. The average molecular weight is 273 g/mol. The van der Waals surface area contributed by atoms with Gasteiger partial charge in [-0.3, -0.25) is 0 Å². The Morgan fingerprint density at radius 1 is 1.15 bits per heavy atom. The molecule has 0 saturated heterocycles. The Morgan fingerprint density at radius 3 is 2.50 bits per heavy atom. The van der Waals surface area contributed by atoms with Crippen LogP contribution in [0.15, 0.2) is 42.5 Å². The molecule has 3 heteroatoms. The molecule has 106 valence electrons. The second-order valence-corrected chi connectivity index (χ2v) is 5.10. The van der Waals surface area contributed by atoms with Crippen molar-refractivity contribution in [2.45, 2.75) is 33.0 Å². The molecule has 2 rings (SSSR count). The van der Waals surface area contributed by atoms with Crippen LogP contribution in [0.4, 0.5) is 4.39 Å². The number of benzene rings is 2. The molecule has 2 aromatic carbocycles. The second kappa shape index (κ2) is 6.64. The zero-order chi connectivity index (χ0) is 14.5. The molecule has 0 bridgehead atoms. The van der Waals surface area contributed by atoms with Gasteiger partial charge in [0.15, 0.2) is 0 Å². The molecular formula is C17H20FNO. The number of rotatable bonds is 5. The van der Waals surface area contributed by atoms with E-state index in [2.05, 4.69) is 43.4 Å². The highest BCUT2D eigenvalue weighted by Crippen LogP contribution is 2.15. The van der Waals surface area contributed by atoms with E-state index in [-0.39, 0.29) is 18.5 Å². The molecule has 0 aliphatic rings. The Hall–Kier alpha value is -1.71. The maximum atomic E-state index is 13.3. The summed E-state index contributed by atoms with van der Waals surface area (Å²) in [4.78, 5) is 0. The predicted molar refractivity (Wildman–Crippen MR) is 78.8 cm³/mol. The van der Waals surface area contributed by atoms with Crippen LogP contribution in [-0.2, 0) is 13.2 Å². The van der Waals surface area contributed by atoms with E-state index < -0.39 is 0 Å². The minimum atomic E-state index is -0.358. The van der Waals surface area contributed by atoms with E-state index in [0.717, 1.165) is 5.56 Å². The zero-order valence-electron chi connectivity index (χ0n) is 11.9. The van der Waals surface area contributed by atoms with Crippen LogP contribution >= 0.6 is 0 Å². The number of halogens is 1. The molecule has 1 unspecified atom stereocenters. The maximum Gasteiger partial charge on any atom is 0.128 e. The fraction of sp³-hybridized carbons (Fsp3) is 0.294. The highest BCUT2D eigenvalue weighted by Gasteiger charge is 2.06. The minimum Gasteiger partial charge on any atom is -0.392 e. The second-order valence-electron chi connectivity index (χ2n) is 5.10. The smallest absolute Gasteiger partial charge is 0.128 e. The SMILES string of the molecule is Cc1ccc(C(C)NCc2ccc(F)c(CO)c2)cc1. The molecule has 0 aliphatic carbocycles. The lowest BCUT2D eigenvalue weighted by Crippen LogP contribution is -2.18. The summed E-state index contributed by atoms with van der Waals surface area (Å²) in [7, 11) is 0. The quantitative estimate of drug-likeness (QED) is 0.874. The van der Waals surface area contributed by atoms with Gasteiger partial charge in [-0.05, 0) is 37.1 Å². The lowest BCUT2D eigenvalue weighted by Gasteiger charge is -2.15. The van der Waals surface area contributed by atoms with E-state index >= 15 is 0 Å². The zero-order valence-corrected chi connectivity index (χ0v) is 11.9. The van der Waals surface area contributed by atoms with Gasteiger partial charge < -0.3 is 10.4 Å². The molecule has 0 radical (unpaired) electrons. The van der Waals surface area contributed by atoms with Gasteiger partial charge >= 0.3 is 0 Å². The summed E-state index contributed by atoms with van der Waals surface area (Å²) in [5, 5.41) is 12.5. The van der Waals surface area contributed by atoms with Crippen molar-refractivity contribution in [2.75, 3.05) is 0 Å². The number of nitrogens with one attached hydrogen (secondary N) is 1. The molecule has 0 fully saturated rings. The van der Waals surface area contributed by atoms with Crippen LogP contribution in [-0.4, -0.2) is 5.11 Å². The van der Waals surface area contributed by atoms with Gasteiger partial charge in [0.2, 0.25) is 0 Å². The predicted octanol–water partition coefficient (Wildman–Crippen LogP) is 3.48. The van der Waals surface area contributed by atoms with Crippen molar-refractivity contribution in [2.24, 2.45) is 0 Å².